The Hall–Kier alpha value is -4.86. The van der Waals surface area contributed by atoms with Gasteiger partial charge in [-0.2, -0.15) is 9.83 Å². The fourth-order valence-electron chi connectivity index (χ4n) is 3.35. The standard InChI is InChI=1S/C23H17N5O5/c29-26-12-4-3-7-19(26)14-22(18-9-8-16-5-1-2-6-17(16)13-18)25-24-21-11-10-20(27(30)31)15-23(21)28(32)33/h1-13,15,24H,14H2. The second kappa shape index (κ2) is 9.10. The third-order valence-corrected chi connectivity index (χ3v) is 5.04. The van der Waals surface area contributed by atoms with Gasteiger partial charge in [-0.15, -0.1) is 0 Å². The highest BCUT2D eigenvalue weighted by atomic mass is 16.6. The summed E-state index contributed by atoms with van der Waals surface area (Å²) in [6, 6.07) is 21.7. The maximum absolute atomic E-state index is 12.2. The Morgan fingerprint density at radius 1 is 0.879 bits per heavy atom. The summed E-state index contributed by atoms with van der Waals surface area (Å²) in [6.07, 6.45) is 1.53. The van der Waals surface area contributed by atoms with Crippen molar-refractivity contribution in [3.8, 4) is 0 Å². The smallest absolute Gasteiger partial charge is 0.301 e. The first-order valence-electron chi connectivity index (χ1n) is 9.84. The molecule has 1 heterocycles. The Labute approximate surface area is 187 Å². The number of anilines is 1. The number of benzene rings is 3. The van der Waals surface area contributed by atoms with E-state index in [0.717, 1.165) is 33.2 Å². The van der Waals surface area contributed by atoms with Gasteiger partial charge >= 0.3 is 5.69 Å². The van der Waals surface area contributed by atoms with Crippen LogP contribution in [0.15, 0.2) is 90.2 Å². The zero-order valence-electron chi connectivity index (χ0n) is 17.1. The Morgan fingerprint density at radius 2 is 1.64 bits per heavy atom. The van der Waals surface area contributed by atoms with Crippen molar-refractivity contribution in [3.05, 3.63) is 122 Å². The number of non-ortho nitro benzene ring substituents is 1. The Morgan fingerprint density at radius 3 is 2.36 bits per heavy atom. The predicted molar refractivity (Wildman–Crippen MR) is 123 cm³/mol. The van der Waals surface area contributed by atoms with Crippen LogP contribution in [0, 0.1) is 25.4 Å². The van der Waals surface area contributed by atoms with Crippen LogP contribution in [0.5, 0.6) is 0 Å². The van der Waals surface area contributed by atoms with Crippen LogP contribution in [-0.2, 0) is 6.42 Å². The molecule has 0 bridgehead atoms. The molecule has 0 aliphatic rings. The summed E-state index contributed by atoms with van der Waals surface area (Å²) in [5.74, 6) is 0. The first-order chi connectivity index (χ1) is 15.9. The van der Waals surface area contributed by atoms with Crippen molar-refractivity contribution in [3.63, 3.8) is 0 Å². The molecule has 0 saturated heterocycles. The molecule has 0 unspecified atom stereocenters. The van der Waals surface area contributed by atoms with Crippen LogP contribution in [-0.4, -0.2) is 15.6 Å². The van der Waals surface area contributed by atoms with E-state index in [1.165, 1.54) is 12.3 Å². The number of hydrogen-bond donors (Lipinski definition) is 1. The van der Waals surface area contributed by atoms with Crippen LogP contribution in [0.3, 0.4) is 0 Å². The molecule has 4 aromatic rings. The quantitative estimate of drug-likeness (QED) is 0.148. The Bertz CT molecular complexity index is 1400. The third-order valence-electron chi connectivity index (χ3n) is 5.04. The van der Waals surface area contributed by atoms with Gasteiger partial charge in [0.1, 0.15) is 5.69 Å². The highest BCUT2D eigenvalue weighted by Gasteiger charge is 2.20. The molecular formula is C23H17N5O5. The van der Waals surface area contributed by atoms with Crippen molar-refractivity contribution in [1.82, 2.24) is 0 Å². The third kappa shape index (κ3) is 4.74. The molecule has 4 rings (SSSR count). The highest BCUT2D eigenvalue weighted by molar-refractivity contribution is 6.04. The topological polar surface area (TPSA) is 138 Å². The number of aromatic nitrogens is 1. The lowest BCUT2D eigenvalue weighted by molar-refractivity contribution is -0.613. The minimum absolute atomic E-state index is 0.00745. The Kier molecular flexibility index (Phi) is 5.90. The second-order valence-electron chi connectivity index (χ2n) is 7.14. The largest absolute Gasteiger partial charge is 0.618 e. The normalized spacial score (nSPS) is 11.3. The summed E-state index contributed by atoms with van der Waals surface area (Å²) >= 11 is 0. The monoisotopic (exact) mass is 443 g/mol. The first-order valence-corrected chi connectivity index (χ1v) is 9.84. The van der Waals surface area contributed by atoms with Crippen molar-refractivity contribution in [2.24, 2.45) is 5.10 Å². The van der Waals surface area contributed by atoms with E-state index in [1.807, 2.05) is 42.5 Å². The van der Waals surface area contributed by atoms with Gasteiger partial charge in [0.2, 0.25) is 0 Å². The number of pyridine rings is 1. The van der Waals surface area contributed by atoms with E-state index in [-0.39, 0.29) is 12.1 Å². The van der Waals surface area contributed by atoms with Crippen LogP contribution in [0.1, 0.15) is 11.3 Å². The van der Waals surface area contributed by atoms with Crippen LogP contribution in [0.2, 0.25) is 0 Å². The van der Waals surface area contributed by atoms with Crippen molar-refractivity contribution in [2.45, 2.75) is 6.42 Å². The zero-order valence-corrected chi connectivity index (χ0v) is 17.1. The summed E-state index contributed by atoms with van der Waals surface area (Å²) < 4.78 is 0.727. The molecule has 0 aliphatic heterocycles. The van der Waals surface area contributed by atoms with Crippen LogP contribution in [0.4, 0.5) is 17.1 Å². The van der Waals surface area contributed by atoms with Gasteiger partial charge in [-0.1, -0.05) is 36.4 Å². The minimum atomic E-state index is -0.719. The molecule has 0 spiro atoms. The lowest BCUT2D eigenvalue weighted by Gasteiger charge is -2.10. The molecule has 3 aromatic carbocycles. The van der Waals surface area contributed by atoms with E-state index in [2.05, 4.69) is 10.5 Å². The van der Waals surface area contributed by atoms with Gasteiger partial charge in [0.15, 0.2) is 11.9 Å². The van der Waals surface area contributed by atoms with Gasteiger partial charge in [0.25, 0.3) is 5.69 Å². The summed E-state index contributed by atoms with van der Waals surface area (Å²) in [4.78, 5) is 21.0. The molecular weight excluding hydrogens is 426 g/mol. The molecule has 1 N–H and O–H groups in total. The average molecular weight is 443 g/mol. The van der Waals surface area contributed by atoms with Gasteiger partial charge in [0.05, 0.1) is 28.0 Å². The lowest BCUT2D eigenvalue weighted by atomic mass is 10.0. The van der Waals surface area contributed by atoms with Gasteiger partial charge in [-0.3, -0.25) is 25.7 Å². The predicted octanol–water partition coefficient (Wildman–Crippen LogP) is 4.35. The number of nitro benzene ring substituents is 2. The van der Waals surface area contributed by atoms with E-state index in [0.29, 0.717) is 11.4 Å². The average Bonchev–Trinajstić information content (AvgIpc) is 2.82. The molecule has 164 valence electrons. The number of nitrogens with zero attached hydrogens (tertiary/aromatic N) is 4. The SMILES string of the molecule is O=[N+]([O-])c1ccc(NN=C(Cc2cccc[n+]2[O-])c2ccc3ccccc3c2)c([N+](=O)[O-])c1. The van der Waals surface area contributed by atoms with Crippen molar-refractivity contribution < 1.29 is 14.6 Å². The molecule has 0 saturated carbocycles. The number of hydrazone groups is 1. The molecule has 0 radical (unpaired) electrons. The summed E-state index contributed by atoms with van der Waals surface area (Å²) in [6.45, 7) is 0. The van der Waals surface area contributed by atoms with E-state index >= 15 is 0 Å². The number of hydrogen-bond acceptors (Lipinski definition) is 7. The van der Waals surface area contributed by atoms with Crippen molar-refractivity contribution >= 4 is 33.5 Å². The fourth-order valence-corrected chi connectivity index (χ4v) is 3.35. The van der Waals surface area contributed by atoms with Crippen LogP contribution >= 0.6 is 0 Å². The van der Waals surface area contributed by atoms with E-state index in [1.54, 1.807) is 18.2 Å². The lowest BCUT2D eigenvalue weighted by Crippen LogP contribution is -2.32. The van der Waals surface area contributed by atoms with Crippen LogP contribution < -0.4 is 10.2 Å². The highest BCUT2D eigenvalue weighted by Crippen LogP contribution is 2.29. The van der Waals surface area contributed by atoms with Gasteiger partial charge < -0.3 is 5.21 Å². The van der Waals surface area contributed by atoms with E-state index < -0.39 is 21.2 Å². The molecule has 0 atom stereocenters. The number of fused-ring (bicyclic) bond motifs is 1. The maximum Gasteiger partial charge on any atom is 0.301 e. The fraction of sp³-hybridized carbons (Fsp3) is 0.0435. The van der Waals surface area contributed by atoms with Crippen LogP contribution in [0.25, 0.3) is 10.8 Å². The number of rotatable bonds is 7. The molecule has 10 heteroatoms. The van der Waals surface area contributed by atoms with Gasteiger partial charge in [0, 0.05) is 18.2 Å². The first kappa shape index (κ1) is 21.4. The summed E-state index contributed by atoms with van der Waals surface area (Å²) in [5.41, 5.74) is 3.38. The van der Waals surface area contributed by atoms with Crippen molar-refractivity contribution in [1.29, 1.82) is 0 Å². The number of nitro groups is 2. The molecule has 0 fully saturated rings. The second-order valence-corrected chi connectivity index (χ2v) is 7.14. The molecule has 0 aliphatic carbocycles. The Balaban J connectivity index is 1.76. The summed E-state index contributed by atoms with van der Waals surface area (Å²) in [7, 11) is 0. The minimum Gasteiger partial charge on any atom is -0.618 e. The van der Waals surface area contributed by atoms with Gasteiger partial charge in [-0.25, -0.2) is 0 Å². The van der Waals surface area contributed by atoms with Gasteiger partial charge in [-0.05, 0) is 34.5 Å². The zero-order chi connectivity index (χ0) is 23.4. The van der Waals surface area contributed by atoms with E-state index in [4.69, 9.17) is 0 Å². The number of nitrogens with one attached hydrogen (secondary N) is 1. The van der Waals surface area contributed by atoms with E-state index in [9.17, 15) is 25.4 Å². The molecule has 33 heavy (non-hydrogen) atoms. The summed E-state index contributed by atoms with van der Waals surface area (Å²) in [5, 5.41) is 41.0. The molecule has 10 nitrogen and oxygen atoms in total. The maximum atomic E-state index is 12.2. The molecule has 0 amide bonds. The van der Waals surface area contributed by atoms with Crippen molar-refractivity contribution in [2.75, 3.05) is 5.43 Å². The molecule has 1 aromatic heterocycles.